The highest BCUT2D eigenvalue weighted by atomic mass is 32.1. The summed E-state index contributed by atoms with van der Waals surface area (Å²) in [4.78, 5) is 49.5. The number of thiophene rings is 1. The second-order valence-electron chi connectivity index (χ2n) is 6.87. The molecule has 0 aromatic carbocycles. The molecule has 0 radical (unpaired) electrons. The van der Waals surface area contributed by atoms with Gasteiger partial charge in [-0.1, -0.05) is 12.1 Å². The van der Waals surface area contributed by atoms with Gasteiger partial charge in [0.2, 0.25) is 0 Å². The third kappa shape index (κ3) is 4.36. The van der Waals surface area contributed by atoms with Crippen LogP contribution in [0.5, 0.6) is 0 Å². The predicted octanol–water partition coefficient (Wildman–Crippen LogP) is 0.999. The number of hydrogen-bond donors (Lipinski definition) is 1. The van der Waals surface area contributed by atoms with Crippen LogP contribution in [0.2, 0.25) is 0 Å². The molecule has 1 aliphatic heterocycles. The van der Waals surface area contributed by atoms with E-state index in [0.29, 0.717) is 26.2 Å². The first-order chi connectivity index (χ1) is 14.1. The number of carbonyl (C=O) groups excluding carboxylic acids is 1. The van der Waals surface area contributed by atoms with Gasteiger partial charge in [-0.15, -0.1) is 11.3 Å². The first-order valence-electron chi connectivity index (χ1n) is 9.38. The predicted molar refractivity (Wildman–Crippen MR) is 110 cm³/mol. The van der Waals surface area contributed by atoms with Crippen LogP contribution in [0.25, 0.3) is 0 Å². The maximum absolute atomic E-state index is 12.9. The average Bonchev–Trinajstić information content (AvgIpc) is 3.25. The van der Waals surface area contributed by atoms with E-state index in [4.69, 9.17) is 0 Å². The molecule has 0 aliphatic carbocycles. The van der Waals surface area contributed by atoms with Crippen LogP contribution >= 0.6 is 11.3 Å². The standard InChI is InChI=1S/C20H21N5O3S/c26-18(24-9-7-23(8-10-24)13-15-4-1-2-6-21-15)17-12-22-20(28)25(19(17)27)14-16-5-3-11-29-16/h1-6,11-12H,7-10,13-14H2,(H,22,28). The lowest BCUT2D eigenvalue weighted by Gasteiger charge is -2.34. The number of carbonyl (C=O) groups is 1. The molecule has 1 aliphatic rings. The van der Waals surface area contributed by atoms with Crippen molar-refractivity contribution in [3.05, 3.63) is 85.1 Å². The number of H-pyrrole nitrogens is 1. The molecule has 29 heavy (non-hydrogen) atoms. The summed E-state index contributed by atoms with van der Waals surface area (Å²) in [5.41, 5.74) is -0.0769. The highest BCUT2D eigenvalue weighted by Crippen LogP contribution is 2.10. The van der Waals surface area contributed by atoms with E-state index in [0.717, 1.165) is 21.7 Å². The summed E-state index contributed by atoms with van der Waals surface area (Å²) in [5, 5.41) is 1.88. The molecule has 8 nitrogen and oxygen atoms in total. The van der Waals surface area contributed by atoms with Gasteiger partial charge in [0, 0.05) is 50.0 Å². The average molecular weight is 411 g/mol. The second-order valence-corrected chi connectivity index (χ2v) is 7.90. The van der Waals surface area contributed by atoms with Crippen molar-refractivity contribution in [2.75, 3.05) is 26.2 Å². The van der Waals surface area contributed by atoms with Gasteiger partial charge in [0.1, 0.15) is 5.56 Å². The van der Waals surface area contributed by atoms with Crippen LogP contribution in [0.3, 0.4) is 0 Å². The number of hydrogen-bond acceptors (Lipinski definition) is 6. The smallest absolute Gasteiger partial charge is 0.328 e. The number of amides is 1. The molecule has 1 saturated heterocycles. The number of nitrogens with one attached hydrogen (secondary N) is 1. The van der Waals surface area contributed by atoms with E-state index in [2.05, 4.69) is 14.9 Å². The number of aromatic nitrogens is 3. The van der Waals surface area contributed by atoms with Crippen LogP contribution in [0.15, 0.2) is 57.7 Å². The van der Waals surface area contributed by atoms with Crippen molar-refractivity contribution in [3.8, 4) is 0 Å². The molecule has 3 aromatic heterocycles. The molecule has 1 fully saturated rings. The summed E-state index contributed by atoms with van der Waals surface area (Å²) in [6.45, 7) is 3.34. The van der Waals surface area contributed by atoms with E-state index in [9.17, 15) is 14.4 Å². The van der Waals surface area contributed by atoms with Crippen LogP contribution in [0.4, 0.5) is 0 Å². The minimum atomic E-state index is -0.553. The Morgan fingerprint density at radius 1 is 1.07 bits per heavy atom. The molecule has 1 N–H and O–H groups in total. The summed E-state index contributed by atoms with van der Waals surface area (Å²) >= 11 is 1.46. The molecule has 0 atom stereocenters. The zero-order valence-electron chi connectivity index (χ0n) is 15.8. The van der Waals surface area contributed by atoms with E-state index in [-0.39, 0.29) is 18.0 Å². The van der Waals surface area contributed by atoms with Crippen molar-refractivity contribution in [2.45, 2.75) is 13.1 Å². The van der Waals surface area contributed by atoms with E-state index in [1.165, 1.54) is 17.5 Å². The third-order valence-corrected chi connectivity index (χ3v) is 5.82. The van der Waals surface area contributed by atoms with Crippen molar-refractivity contribution >= 4 is 17.2 Å². The second kappa shape index (κ2) is 8.54. The molecule has 9 heteroatoms. The number of piperazine rings is 1. The van der Waals surface area contributed by atoms with Crippen LogP contribution < -0.4 is 11.2 Å². The largest absolute Gasteiger partial charge is 0.336 e. The van der Waals surface area contributed by atoms with Gasteiger partial charge in [0.25, 0.3) is 11.5 Å². The lowest BCUT2D eigenvalue weighted by Crippen LogP contribution is -2.50. The Morgan fingerprint density at radius 2 is 1.90 bits per heavy atom. The Kier molecular flexibility index (Phi) is 5.68. The number of aromatic amines is 1. The maximum Gasteiger partial charge on any atom is 0.328 e. The molecule has 1 amide bonds. The molecule has 0 spiro atoms. The van der Waals surface area contributed by atoms with Crippen LogP contribution in [0, 0.1) is 0 Å². The first-order valence-corrected chi connectivity index (χ1v) is 10.3. The lowest BCUT2D eigenvalue weighted by atomic mass is 10.2. The van der Waals surface area contributed by atoms with E-state index < -0.39 is 11.2 Å². The van der Waals surface area contributed by atoms with Crippen LogP contribution in [0.1, 0.15) is 20.9 Å². The fraction of sp³-hybridized carbons (Fsp3) is 0.300. The summed E-state index contributed by atoms with van der Waals surface area (Å²) in [7, 11) is 0. The van der Waals surface area contributed by atoms with Gasteiger partial charge in [0.15, 0.2) is 0 Å². The Balaban J connectivity index is 1.45. The third-order valence-electron chi connectivity index (χ3n) is 4.96. The fourth-order valence-electron chi connectivity index (χ4n) is 3.37. The minimum absolute atomic E-state index is 0.000618. The zero-order chi connectivity index (χ0) is 20.2. The van der Waals surface area contributed by atoms with E-state index in [1.54, 1.807) is 11.1 Å². The molecule has 3 aromatic rings. The van der Waals surface area contributed by atoms with Crippen molar-refractivity contribution in [1.82, 2.24) is 24.3 Å². The fourth-order valence-corrected chi connectivity index (χ4v) is 4.06. The lowest BCUT2D eigenvalue weighted by molar-refractivity contribution is 0.0624. The SMILES string of the molecule is O=C(c1c[nH]c(=O)n(Cc2cccs2)c1=O)N1CCN(Cc2ccccn2)CC1. The van der Waals surface area contributed by atoms with Crippen molar-refractivity contribution in [3.63, 3.8) is 0 Å². The molecule has 0 bridgehead atoms. The van der Waals surface area contributed by atoms with Gasteiger partial charge < -0.3 is 9.88 Å². The maximum atomic E-state index is 12.9. The minimum Gasteiger partial charge on any atom is -0.336 e. The number of rotatable bonds is 5. The summed E-state index contributed by atoms with van der Waals surface area (Å²) in [6, 6.07) is 9.54. The summed E-state index contributed by atoms with van der Waals surface area (Å²) in [6.07, 6.45) is 3.00. The van der Waals surface area contributed by atoms with E-state index in [1.807, 2.05) is 35.7 Å². The van der Waals surface area contributed by atoms with Gasteiger partial charge in [0.05, 0.1) is 12.2 Å². The first kappa shape index (κ1) is 19.3. The van der Waals surface area contributed by atoms with Crippen molar-refractivity contribution in [2.24, 2.45) is 0 Å². The molecular weight excluding hydrogens is 390 g/mol. The van der Waals surface area contributed by atoms with Crippen LogP contribution in [-0.4, -0.2) is 56.4 Å². The van der Waals surface area contributed by atoms with Gasteiger partial charge in [-0.2, -0.15) is 0 Å². The number of pyridine rings is 1. The molecule has 0 unspecified atom stereocenters. The Morgan fingerprint density at radius 3 is 2.59 bits per heavy atom. The van der Waals surface area contributed by atoms with Gasteiger partial charge in [-0.3, -0.25) is 24.0 Å². The summed E-state index contributed by atoms with van der Waals surface area (Å²) < 4.78 is 1.08. The highest BCUT2D eigenvalue weighted by molar-refractivity contribution is 7.09. The highest BCUT2D eigenvalue weighted by Gasteiger charge is 2.25. The molecule has 0 saturated carbocycles. The molecule has 150 valence electrons. The van der Waals surface area contributed by atoms with Gasteiger partial charge in [-0.25, -0.2) is 4.79 Å². The Labute approximate surface area is 171 Å². The topological polar surface area (TPSA) is 91.3 Å². The molecular formula is C20H21N5O3S. The van der Waals surface area contributed by atoms with Crippen LogP contribution in [-0.2, 0) is 13.1 Å². The molecule has 4 rings (SSSR count). The van der Waals surface area contributed by atoms with Gasteiger partial charge >= 0.3 is 5.69 Å². The van der Waals surface area contributed by atoms with Crippen molar-refractivity contribution in [1.29, 1.82) is 0 Å². The number of nitrogens with zero attached hydrogens (tertiary/aromatic N) is 4. The Hall–Kier alpha value is -3.04. The van der Waals surface area contributed by atoms with Crippen molar-refractivity contribution < 1.29 is 4.79 Å². The molecule has 4 heterocycles. The normalized spacial score (nSPS) is 14.8. The van der Waals surface area contributed by atoms with Gasteiger partial charge in [-0.05, 0) is 23.6 Å². The monoisotopic (exact) mass is 411 g/mol. The zero-order valence-corrected chi connectivity index (χ0v) is 16.6. The summed E-state index contributed by atoms with van der Waals surface area (Å²) in [5.74, 6) is -0.344. The Bertz CT molecular complexity index is 1080. The van der Waals surface area contributed by atoms with E-state index >= 15 is 0 Å². The quantitative estimate of drug-likeness (QED) is 0.676.